The summed E-state index contributed by atoms with van der Waals surface area (Å²) in [6, 6.07) is 5.47. The van der Waals surface area contributed by atoms with Gasteiger partial charge in [0.1, 0.15) is 5.75 Å². The van der Waals surface area contributed by atoms with Crippen molar-refractivity contribution in [3.63, 3.8) is 0 Å². The fraction of sp³-hybridized carbons (Fsp3) is 0.579. The number of methoxy groups -OCH3 is 1. The molecule has 7 heteroatoms. The van der Waals surface area contributed by atoms with Crippen LogP contribution in [0.1, 0.15) is 51.1 Å². The van der Waals surface area contributed by atoms with E-state index in [4.69, 9.17) is 4.74 Å². The highest BCUT2D eigenvalue weighted by atomic mass is 79.9. The summed E-state index contributed by atoms with van der Waals surface area (Å²) in [6.45, 7) is 4.17. The van der Waals surface area contributed by atoms with Crippen LogP contribution in [0.4, 0.5) is 4.79 Å². The Labute approximate surface area is 163 Å². The molecule has 0 aliphatic heterocycles. The largest absolute Gasteiger partial charge is 0.496 e. The van der Waals surface area contributed by atoms with Crippen LogP contribution in [0.3, 0.4) is 0 Å². The van der Waals surface area contributed by atoms with Crippen molar-refractivity contribution in [2.24, 2.45) is 5.92 Å². The number of rotatable bonds is 6. The smallest absolute Gasteiger partial charge is 0.321 e. The van der Waals surface area contributed by atoms with Gasteiger partial charge in [-0.25, -0.2) is 4.79 Å². The predicted molar refractivity (Wildman–Crippen MR) is 105 cm³/mol. The molecule has 0 aromatic heterocycles. The maximum atomic E-state index is 12.0. The average Bonchev–Trinajstić information content (AvgIpc) is 2.61. The van der Waals surface area contributed by atoms with Crippen molar-refractivity contribution >= 4 is 27.9 Å². The van der Waals surface area contributed by atoms with Crippen molar-refractivity contribution < 1.29 is 14.3 Å². The monoisotopic (exact) mass is 425 g/mol. The summed E-state index contributed by atoms with van der Waals surface area (Å²) in [5, 5.41) is 8.45. The Bertz CT molecular complexity index is 638. The number of hydrogen-bond donors (Lipinski definition) is 3. The molecule has 3 N–H and O–H groups in total. The van der Waals surface area contributed by atoms with Crippen LogP contribution in [0.2, 0.25) is 0 Å². The maximum Gasteiger partial charge on any atom is 0.321 e. The van der Waals surface area contributed by atoms with Gasteiger partial charge in [0.2, 0.25) is 5.91 Å². The SMILES string of the molecule is COc1ccc(C(C)NCC(=O)NC(=O)NC2CCCCC2C)cc1Br. The number of halogens is 1. The first-order valence-corrected chi connectivity index (χ1v) is 9.87. The number of nitrogens with one attached hydrogen (secondary N) is 3. The second kappa shape index (κ2) is 9.92. The Morgan fingerprint density at radius 1 is 1.31 bits per heavy atom. The highest BCUT2D eigenvalue weighted by Gasteiger charge is 2.23. The summed E-state index contributed by atoms with van der Waals surface area (Å²) in [4.78, 5) is 24.0. The molecule has 2 rings (SSSR count). The van der Waals surface area contributed by atoms with Gasteiger partial charge in [0, 0.05) is 12.1 Å². The van der Waals surface area contributed by atoms with Gasteiger partial charge in [0.25, 0.3) is 0 Å². The van der Waals surface area contributed by atoms with E-state index in [1.54, 1.807) is 7.11 Å². The van der Waals surface area contributed by atoms with Crippen molar-refractivity contribution in [2.45, 2.75) is 51.6 Å². The third kappa shape index (κ3) is 5.99. The standard InChI is InChI=1S/C19H28BrN3O3/c1-12-6-4-5-7-16(12)22-19(25)23-18(24)11-21-13(2)14-8-9-17(26-3)15(20)10-14/h8-10,12-13,16,21H,4-7,11H2,1-3H3,(H2,22,23,24,25). The lowest BCUT2D eigenvalue weighted by atomic mass is 9.86. The van der Waals surface area contributed by atoms with E-state index in [9.17, 15) is 9.59 Å². The first-order valence-electron chi connectivity index (χ1n) is 9.08. The molecule has 1 aromatic carbocycles. The van der Waals surface area contributed by atoms with Crippen LogP contribution in [0.25, 0.3) is 0 Å². The van der Waals surface area contributed by atoms with E-state index >= 15 is 0 Å². The van der Waals surface area contributed by atoms with Gasteiger partial charge in [-0.3, -0.25) is 10.1 Å². The zero-order valence-electron chi connectivity index (χ0n) is 15.6. The van der Waals surface area contributed by atoms with Crippen molar-refractivity contribution in [3.8, 4) is 5.75 Å². The van der Waals surface area contributed by atoms with E-state index in [2.05, 4.69) is 38.8 Å². The van der Waals surface area contributed by atoms with Gasteiger partial charge < -0.3 is 15.4 Å². The van der Waals surface area contributed by atoms with Crippen molar-refractivity contribution in [1.29, 1.82) is 0 Å². The summed E-state index contributed by atoms with van der Waals surface area (Å²) in [5.41, 5.74) is 1.02. The lowest BCUT2D eigenvalue weighted by molar-refractivity contribution is -0.119. The third-order valence-corrected chi connectivity index (χ3v) is 5.55. The van der Waals surface area contributed by atoms with Gasteiger partial charge in [-0.15, -0.1) is 0 Å². The Hall–Kier alpha value is -1.60. The van der Waals surface area contributed by atoms with Gasteiger partial charge in [0.15, 0.2) is 0 Å². The Morgan fingerprint density at radius 3 is 2.69 bits per heavy atom. The number of benzene rings is 1. The lowest BCUT2D eigenvalue weighted by Crippen LogP contribution is -2.49. The zero-order chi connectivity index (χ0) is 19.1. The van der Waals surface area contributed by atoms with Crippen LogP contribution in [-0.4, -0.2) is 31.6 Å². The summed E-state index contributed by atoms with van der Waals surface area (Å²) >= 11 is 3.46. The minimum Gasteiger partial charge on any atom is -0.496 e. The van der Waals surface area contributed by atoms with Crippen molar-refractivity contribution in [1.82, 2.24) is 16.0 Å². The molecule has 26 heavy (non-hydrogen) atoms. The van der Waals surface area contributed by atoms with E-state index < -0.39 is 6.03 Å². The van der Waals surface area contributed by atoms with Gasteiger partial charge in [-0.05, 0) is 59.3 Å². The first kappa shape index (κ1) is 20.7. The van der Waals surface area contributed by atoms with Crippen molar-refractivity contribution in [2.75, 3.05) is 13.7 Å². The Kier molecular flexibility index (Phi) is 7.90. The molecule has 1 fully saturated rings. The Balaban J connectivity index is 1.76. The Morgan fingerprint density at radius 2 is 2.04 bits per heavy atom. The van der Waals surface area contributed by atoms with Crippen LogP contribution in [0.15, 0.2) is 22.7 Å². The van der Waals surface area contributed by atoms with E-state index in [0.29, 0.717) is 5.92 Å². The summed E-state index contributed by atoms with van der Waals surface area (Å²) in [6.07, 6.45) is 4.43. The molecule has 0 radical (unpaired) electrons. The molecular formula is C19H28BrN3O3. The van der Waals surface area contributed by atoms with Crippen molar-refractivity contribution in [3.05, 3.63) is 28.2 Å². The topological polar surface area (TPSA) is 79.5 Å². The van der Waals surface area contributed by atoms with Gasteiger partial charge >= 0.3 is 6.03 Å². The molecule has 6 nitrogen and oxygen atoms in total. The van der Waals surface area contributed by atoms with Gasteiger partial charge in [0.05, 0.1) is 18.1 Å². The number of hydrogen-bond acceptors (Lipinski definition) is 4. The number of amides is 3. The number of ether oxygens (including phenoxy) is 1. The minimum absolute atomic E-state index is 0.0376. The predicted octanol–water partition coefficient (Wildman–Crippen LogP) is 3.51. The second-order valence-corrected chi connectivity index (χ2v) is 7.74. The molecule has 0 saturated heterocycles. The first-order chi connectivity index (χ1) is 12.4. The van der Waals surface area contributed by atoms with Crippen LogP contribution >= 0.6 is 15.9 Å². The number of carbonyl (C=O) groups is 2. The normalized spacial score (nSPS) is 20.9. The highest BCUT2D eigenvalue weighted by Crippen LogP contribution is 2.28. The summed E-state index contributed by atoms with van der Waals surface area (Å²) in [7, 11) is 1.62. The molecule has 144 valence electrons. The molecule has 1 aliphatic carbocycles. The molecule has 0 bridgehead atoms. The van der Waals surface area contributed by atoms with Crippen LogP contribution in [-0.2, 0) is 4.79 Å². The molecular weight excluding hydrogens is 398 g/mol. The molecule has 3 atom stereocenters. The molecule has 1 aliphatic rings. The zero-order valence-corrected chi connectivity index (χ0v) is 17.2. The molecule has 0 heterocycles. The number of carbonyl (C=O) groups excluding carboxylic acids is 2. The van der Waals surface area contributed by atoms with Gasteiger partial charge in [-0.2, -0.15) is 0 Å². The molecule has 1 aromatic rings. The highest BCUT2D eigenvalue weighted by molar-refractivity contribution is 9.10. The average molecular weight is 426 g/mol. The second-order valence-electron chi connectivity index (χ2n) is 6.89. The summed E-state index contributed by atoms with van der Waals surface area (Å²) < 4.78 is 6.07. The fourth-order valence-corrected chi connectivity index (χ4v) is 3.78. The van der Waals surface area contributed by atoms with Gasteiger partial charge in [-0.1, -0.05) is 25.8 Å². The maximum absolute atomic E-state index is 12.0. The van der Waals surface area contributed by atoms with E-state index in [1.807, 2.05) is 25.1 Å². The van der Waals surface area contributed by atoms with Crippen LogP contribution in [0, 0.1) is 5.92 Å². The number of urea groups is 1. The minimum atomic E-state index is -0.407. The van der Waals surface area contributed by atoms with E-state index in [0.717, 1.165) is 35.0 Å². The molecule has 1 saturated carbocycles. The summed E-state index contributed by atoms with van der Waals surface area (Å²) in [5.74, 6) is 0.869. The van der Waals surface area contributed by atoms with E-state index in [1.165, 1.54) is 6.42 Å². The van der Waals surface area contributed by atoms with E-state index in [-0.39, 0.29) is 24.5 Å². The lowest BCUT2D eigenvalue weighted by Gasteiger charge is -2.29. The molecule has 3 amide bonds. The molecule has 0 spiro atoms. The molecule has 3 unspecified atom stereocenters. The van der Waals surface area contributed by atoms with Crippen LogP contribution in [0.5, 0.6) is 5.75 Å². The fourth-order valence-electron chi connectivity index (χ4n) is 3.22. The quantitative estimate of drug-likeness (QED) is 0.651. The third-order valence-electron chi connectivity index (χ3n) is 4.93. The van der Waals surface area contributed by atoms with Crippen LogP contribution < -0.4 is 20.7 Å². The number of imide groups is 1.